The van der Waals surface area contributed by atoms with Crippen LogP contribution in [0.1, 0.15) is 30.1 Å². The van der Waals surface area contributed by atoms with Crippen LogP contribution in [0.4, 0.5) is 0 Å². The van der Waals surface area contributed by atoms with Crippen molar-refractivity contribution in [3.63, 3.8) is 0 Å². The molecule has 0 bridgehead atoms. The number of nitrogens with one attached hydrogen (secondary N) is 1. The lowest BCUT2D eigenvalue weighted by atomic mass is 10.1. The van der Waals surface area contributed by atoms with E-state index in [1.54, 1.807) is 12.3 Å². The molecule has 0 aromatic carbocycles. The maximum absolute atomic E-state index is 8.57. The summed E-state index contributed by atoms with van der Waals surface area (Å²) in [7, 11) is 0. The van der Waals surface area contributed by atoms with Crippen LogP contribution in [0, 0.1) is 11.3 Å². The third-order valence-electron chi connectivity index (χ3n) is 2.36. The van der Waals surface area contributed by atoms with Gasteiger partial charge in [0.15, 0.2) is 0 Å². The van der Waals surface area contributed by atoms with Gasteiger partial charge in [0.1, 0.15) is 11.8 Å². The molecular formula is C10H11N3. The Morgan fingerprint density at radius 2 is 2.46 bits per heavy atom. The van der Waals surface area contributed by atoms with Gasteiger partial charge in [0.05, 0.1) is 0 Å². The number of pyridine rings is 1. The minimum Gasteiger partial charge on any atom is -0.310 e. The molecule has 1 N–H and O–H groups in total. The minimum atomic E-state index is 0.445. The summed E-state index contributed by atoms with van der Waals surface area (Å²) in [4.78, 5) is 4.04. The van der Waals surface area contributed by atoms with Gasteiger partial charge in [0.25, 0.3) is 0 Å². The summed E-state index contributed by atoms with van der Waals surface area (Å²) >= 11 is 0. The number of hydrogen-bond donors (Lipinski definition) is 1. The lowest BCUT2D eigenvalue weighted by molar-refractivity contribution is 0.645. The first-order valence-corrected chi connectivity index (χ1v) is 4.49. The summed E-state index contributed by atoms with van der Waals surface area (Å²) in [5.74, 6) is 0. The summed E-state index contributed by atoms with van der Waals surface area (Å²) in [6.45, 7) is 1.09. The topological polar surface area (TPSA) is 48.7 Å². The van der Waals surface area contributed by atoms with Crippen LogP contribution in [-0.4, -0.2) is 11.5 Å². The fraction of sp³-hybridized carbons (Fsp3) is 0.400. The second-order valence-electron chi connectivity index (χ2n) is 3.24. The lowest BCUT2D eigenvalue weighted by Crippen LogP contribution is -2.12. The first-order chi connectivity index (χ1) is 6.40. The Morgan fingerprint density at radius 1 is 1.54 bits per heavy atom. The first kappa shape index (κ1) is 8.21. The highest BCUT2D eigenvalue weighted by molar-refractivity contribution is 5.25. The highest BCUT2D eigenvalue weighted by atomic mass is 14.9. The zero-order chi connectivity index (χ0) is 9.10. The van der Waals surface area contributed by atoms with Gasteiger partial charge in [-0.25, -0.2) is 4.98 Å². The largest absolute Gasteiger partial charge is 0.310 e. The fourth-order valence-electron chi connectivity index (χ4n) is 1.65. The Kier molecular flexibility index (Phi) is 2.24. The predicted molar refractivity (Wildman–Crippen MR) is 48.9 cm³/mol. The zero-order valence-electron chi connectivity index (χ0n) is 7.33. The maximum Gasteiger partial charge on any atom is 0.140 e. The van der Waals surface area contributed by atoms with Crippen LogP contribution in [0.5, 0.6) is 0 Å². The van der Waals surface area contributed by atoms with Crippen LogP contribution in [-0.2, 0) is 0 Å². The average molecular weight is 173 g/mol. The van der Waals surface area contributed by atoms with Gasteiger partial charge in [-0.3, -0.25) is 0 Å². The molecule has 3 nitrogen and oxygen atoms in total. The van der Waals surface area contributed by atoms with E-state index >= 15 is 0 Å². The Hall–Kier alpha value is -1.40. The van der Waals surface area contributed by atoms with Crippen molar-refractivity contribution in [1.82, 2.24) is 10.3 Å². The van der Waals surface area contributed by atoms with E-state index in [1.807, 2.05) is 12.1 Å². The lowest BCUT2D eigenvalue weighted by Gasteiger charge is -2.08. The molecule has 1 aliphatic rings. The average Bonchev–Trinajstić information content (AvgIpc) is 2.71. The standard InChI is InChI=1S/C10H11N3/c11-6-9-4-3-8(7-13-9)10-2-1-5-12-10/h3-4,7,10,12H,1-2,5H2/t10-/m0/s1. The number of rotatable bonds is 1. The van der Waals surface area contributed by atoms with Gasteiger partial charge in [0.2, 0.25) is 0 Å². The van der Waals surface area contributed by atoms with Gasteiger partial charge in [-0.15, -0.1) is 0 Å². The molecule has 2 heterocycles. The second kappa shape index (κ2) is 3.55. The van der Waals surface area contributed by atoms with Crippen molar-refractivity contribution in [1.29, 1.82) is 5.26 Å². The number of nitriles is 1. The molecule has 1 fully saturated rings. The van der Waals surface area contributed by atoms with Crippen molar-refractivity contribution in [3.05, 3.63) is 29.6 Å². The van der Waals surface area contributed by atoms with E-state index in [0.29, 0.717) is 11.7 Å². The van der Waals surface area contributed by atoms with Crippen LogP contribution in [0.3, 0.4) is 0 Å². The molecule has 1 atom stereocenters. The SMILES string of the molecule is N#Cc1ccc([C@@H]2CCCN2)cn1. The van der Waals surface area contributed by atoms with Gasteiger partial charge < -0.3 is 5.32 Å². The predicted octanol–water partition coefficient (Wildman–Crippen LogP) is 1.38. The summed E-state index contributed by atoms with van der Waals surface area (Å²) in [5.41, 5.74) is 1.68. The molecule has 1 aromatic rings. The van der Waals surface area contributed by atoms with Crippen LogP contribution >= 0.6 is 0 Å². The quantitative estimate of drug-likeness (QED) is 0.698. The third-order valence-corrected chi connectivity index (χ3v) is 2.36. The number of hydrogen-bond acceptors (Lipinski definition) is 3. The Morgan fingerprint density at radius 3 is 3.00 bits per heavy atom. The molecule has 1 saturated heterocycles. The fourth-order valence-corrected chi connectivity index (χ4v) is 1.65. The molecule has 3 heteroatoms. The molecule has 1 aromatic heterocycles. The van der Waals surface area contributed by atoms with Gasteiger partial charge in [-0.05, 0) is 31.0 Å². The van der Waals surface area contributed by atoms with Gasteiger partial charge >= 0.3 is 0 Å². The van der Waals surface area contributed by atoms with Crippen LogP contribution in [0.15, 0.2) is 18.3 Å². The van der Waals surface area contributed by atoms with E-state index in [2.05, 4.69) is 10.3 Å². The summed E-state index contributed by atoms with van der Waals surface area (Å²) in [6.07, 6.45) is 4.19. The maximum atomic E-state index is 8.57. The van der Waals surface area contributed by atoms with Gasteiger partial charge in [-0.2, -0.15) is 5.26 Å². The molecule has 0 radical (unpaired) electrons. The summed E-state index contributed by atoms with van der Waals surface area (Å²) in [5, 5.41) is 12.0. The molecule has 66 valence electrons. The van der Waals surface area contributed by atoms with E-state index < -0.39 is 0 Å². The molecule has 0 unspecified atom stereocenters. The Labute approximate surface area is 77.4 Å². The Bertz CT molecular complexity index is 317. The van der Waals surface area contributed by atoms with E-state index in [0.717, 1.165) is 6.54 Å². The normalized spacial score (nSPS) is 21.3. The highest BCUT2D eigenvalue weighted by Gasteiger charge is 2.15. The molecule has 1 aliphatic heterocycles. The monoisotopic (exact) mass is 173 g/mol. The van der Waals surface area contributed by atoms with Gasteiger partial charge in [0, 0.05) is 12.2 Å². The first-order valence-electron chi connectivity index (χ1n) is 4.49. The molecular weight excluding hydrogens is 162 g/mol. The second-order valence-corrected chi connectivity index (χ2v) is 3.24. The number of aromatic nitrogens is 1. The van der Waals surface area contributed by atoms with Crippen LogP contribution in [0.25, 0.3) is 0 Å². The van der Waals surface area contributed by atoms with Crippen molar-refractivity contribution in [3.8, 4) is 6.07 Å². The van der Waals surface area contributed by atoms with Crippen molar-refractivity contribution in [2.75, 3.05) is 6.54 Å². The van der Waals surface area contributed by atoms with E-state index in [1.165, 1.54) is 18.4 Å². The smallest absolute Gasteiger partial charge is 0.140 e. The molecule has 0 saturated carbocycles. The third kappa shape index (κ3) is 1.68. The van der Waals surface area contributed by atoms with E-state index in [9.17, 15) is 0 Å². The highest BCUT2D eigenvalue weighted by Crippen LogP contribution is 2.21. The summed E-state index contributed by atoms with van der Waals surface area (Å²) < 4.78 is 0. The summed E-state index contributed by atoms with van der Waals surface area (Å²) in [6, 6.07) is 6.21. The van der Waals surface area contributed by atoms with Crippen molar-refractivity contribution >= 4 is 0 Å². The van der Waals surface area contributed by atoms with Crippen molar-refractivity contribution in [2.45, 2.75) is 18.9 Å². The number of nitrogens with zero attached hydrogens (tertiary/aromatic N) is 2. The molecule has 0 aliphatic carbocycles. The van der Waals surface area contributed by atoms with Gasteiger partial charge in [-0.1, -0.05) is 6.07 Å². The molecule has 2 rings (SSSR count). The van der Waals surface area contributed by atoms with Crippen molar-refractivity contribution < 1.29 is 0 Å². The molecule has 13 heavy (non-hydrogen) atoms. The van der Waals surface area contributed by atoms with E-state index in [-0.39, 0.29) is 0 Å². The molecule has 0 amide bonds. The van der Waals surface area contributed by atoms with Crippen LogP contribution < -0.4 is 5.32 Å². The van der Waals surface area contributed by atoms with E-state index in [4.69, 9.17) is 5.26 Å². The van der Waals surface area contributed by atoms with Crippen LogP contribution in [0.2, 0.25) is 0 Å². The van der Waals surface area contributed by atoms with Crippen molar-refractivity contribution in [2.24, 2.45) is 0 Å². The zero-order valence-corrected chi connectivity index (χ0v) is 7.33. The Balaban J connectivity index is 2.18. The molecule has 0 spiro atoms. The minimum absolute atomic E-state index is 0.445.